The van der Waals surface area contributed by atoms with Crippen molar-refractivity contribution in [3.63, 3.8) is 0 Å². The fourth-order valence-electron chi connectivity index (χ4n) is 1.73. The molecule has 0 saturated heterocycles. The van der Waals surface area contributed by atoms with E-state index in [1.165, 1.54) is 0 Å². The Kier molecular flexibility index (Phi) is 3.03. The van der Waals surface area contributed by atoms with Gasteiger partial charge in [-0.15, -0.1) is 0 Å². The van der Waals surface area contributed by atoms with E-state index in [0.717, 1.165) is 11.8 Å². The Morgan fingerprint density at radius 2 is 1.78 bits per heavy atom. The van der Waals surface area contributed by atoms with Crippen molar-refractivity contribution in [2.75, 3.05) is 0 Å². The number of rotatable bonds is 1. The van der Waals surface area contributed by atoms with Crippen molar-refractivity contribution in [3.05, 3.63) is 52.3 Å². The number of H-pyrrole nitrogens is 1. The lowest BCUT2D eigenvalue weighted by molar-refractivity contribution is 0.590. The van der Waals surface area contributed by atoms with Gasteiger partial charge in [0.05, 0.1) is 11.9 Å². The SMILES string of the molecule is CC(C)(C)c1ccc(-c2[nH]c(=O)ncc2F)cc1. The molecule has 0 spiro atoms. The molecule has 0 fully saturated rings. The molecule has 94 valence electrons. The zero-order valence-corrected chi connectivity index (χ0v) is 10.6. The summed E-state index contributed by atoms with van der Waals surface area (Å²) in [5.74, 6) is -0.530. The molecule has 0 amide bonds. The Hall–Kier alpha value is -1.97. The van der Waals surface area contributed by atoms with Gasteiger partial charge in [-0.05, 0) is 11.0 Å². The van der Waals surface area contributed by atoms with Crippen molar-refractivity contribution in [1.82, 2.24) is 9.97 Å². The summed E-state index contributed by atoms with van der Waals surface area (Å²) in [7, 11) is 0. The molecule has 0 saturated carbocycles. The zero-order chi connectivity index (χ0) is 13.3. The fraction of sp³-hybridized carbons (Fsp3) is 0.286. The van der Waals surface area contributed by atoms with E-state index in [2.05, 4.69) is 30.7 Å². The first kappa shape index (κ1) is 12.5. The molecule has 4 heteroatoms. The Bertz CT molecular complexity index is 609. The molecule has 18 heavy (non-hydrogen) atoms. The Labute approximate surface area is 105 Å². The van der Waals surface area contributed by atoms with Crippen molar-refractivity contribution in [1.29, 1.82) is 0 Å². The summed E-state index contributed by atoms with van der Waals surface area (Å²) in [5.41, 5.74) is 1.47. The number of nitrogens with zero attached hydrogens (tertiary/aromatic N) is 1. The predicted octanol–water partition coefficient (Wildman–Crippen LogP) is 2.87. The van der Waals surface area contributed by atoms with Crippen LogP contribution in [0.3, 0.4) is 0 Å². The number of aromatic nitrogens is 2. The molecular weight excluding hydrogens is 231 g/mol. The molecule has 1 aromatic carbocycles. The number of hydrogen-bond acceptors (Lipinski definition) is 2. The van der Waals surface area contributed by atoms with Gasteiger partial charge < -0.3 is 4.98 Å². The van der Waals surface area contributed by atoms with Gasteiger partial charge in [0.2, 0.25) is 0 Å². The van der Waals surface area contributed by atoms with E-state index in [0.29, 0.717) is 5.56 Å². The van der Waals surface area contributed by atoms with Gasteiger partial charge in [-0.2, -0.15) is 4.98 Å². The van der Waals surface area contributed by atoms with E-state index >= 15 is 0 Å². The quantitative estimate of drug-likeness (QED) is 0.841. The minimum absolute atomic E-state index is 0.0444. The molecule has 1 N–H and O–H groups in total. The summed E-state index contributed by atoms with van der Waals surface area (Å²) in [4.78, 5) is 16.9. The van der Waals surface area contributed by atoms with Crippen LogP contribution in [0.15, 0.2) is 35.3 Å². The summed E-state index contributed by atoms with van der Waals surface area (Å²) in [5, 5.41) is 0. The van der Waals surface area contributed by atoms with Crippen LogP contribution in [-0.2, 0) is 5.41 Å². The average Bonchev–Trinajstić information content (AvgIpc) is 2.31. The summed E-state index contributed by atoms with van der Waals surface area (Å²) >= 11 is 0. The maximum absolute atomic E-state index is 13.6. The summed E-state index contributed by atoms with van der Waals surface area (Å²) in [6.07, 6.45) is 0.936. The number of halogens is 1. The molecule has 1 aromatic heterocycles. The largest absolute Gasteiger partial charge is 0.345 e. The van der Waals surface area contributed by atoms with Crippen molar-refractivity contribution in [3.8, 4) is 11.3 Å². The molecule has 1 heterocycles. The highest BCUT2D eigenvalue weighted by Gasteiger charge is 2.14. The van der Waals surface area contributed by atoms with Gasteiger partial charge in [0.25, 0.3) is 0 Å². The van der Waals surface area contributed by atoms with Gasteiger partial charge in [-0.25, -0.2) is 9.18 Å². The Balaban J connectivity index is 2.47. The Morgan fingerprint density at radius 1 is 1.17 bits per heavy atom. The first-order valence-corrected chi connectivity index (χ1v) is 5.73. The van der Waals surface area contributed by atoms with E-state index in [1.54, 1.807) is 12.1 Å². The van der Waals surface area contributed by atoms with Gasteiger partial charge >= 0.3 is 5.69 Å². The van der Waals surface area contributed by atoms with E-state index < -0.39 is 11.5 Å². The standard InChI is InChI=1S/C14H15FN2O/c1-14(2,3)10-6-4-9(5-7-10)12-11(15)8-16-13(18)17-12/h4-8H,1-3H3,(H,16,17,18). The number of aromatic amines is 1. The van der Waals surface area contributed by atoms with Crippen LogP contribution in [0.25, 0.3) is 11.3 Å². The molecule has 0 aliphatic carbocycles. The van der Waals surface area contributed by atoms with Crippen LogP contribution in [0.1, 0.15) is 26.3 Å². The molecule has 0 unspecified atom stereocenters. The second-order valence-corrected chi connectivity index (χ2v) is 5.24. The van der Waals surface area contributed by atoms with Gasteiger partial charge in [0.1, 0.15) is 0 Å². The van der Waals surface area contributed by atoms with Crippen LogP contribution < -0.4 is 5.69 Å². The maximum atomic E-state index is 13.6. The van der Waals surface area contributed by atoms with E-state index in [-0.39, 0.29) is 11.1 Å². The summed E-state index contributed by atoms with van der Waals surface area (Å²) < 4.78 is 13.6. The smallest absolute Gasteiger partial charge is 0.303 e. The van der Waals surface area contributed by atoms with Crippen molar-refractivity contribution in [2.24, 2.45) is 0 Å². The zero-order valence-electron chi connectivity index (χ0n) is 10.6. The topological polar surface area (TPSA) is 45.8 Å². The molecular formula is C14H15FN2O. The number of benzene rings is 1. The second-order valence-electron chi connectivity index (χ2n) is 5.24. The van der Waals surface area contributed by atoms with E-state index in [4.69, 9.17) is 0 Å². The third-order valence-electron chi connectivity index (χ3n) is 2.81. The van der Waals surface area contributed by atoms with E-state index in [1.807, 2.05) is 12.1 Å². The molecule has 0 aliphatic rings. The third-order valence-corrected chi connectivity index (χ3v) is 2.81. The first-order chi connectivity index (χ1) is 8.38. The normalized spacial score (nSPS) is 11.6. The lowest BCUT2D eigenvalue weighted by Gasteiger charge is -2.19. The number of hydrogen-bond donors (Lipinski definition) is 1. The van der Waals surface area contributed by atoms with Gasteiger partial charge in [0, 0.05) is 5.56 Å². The van der Waals surface area contributed by atoms with Crippen molar-refractivity contribution in [2.45, 2.75) is 26.2 Å². The lowest BCUT2D eigenvalue weighted by Crippen LogP contribution is -2.12. The summed E-state index contributed by atoms with van der Waals surface area (Å²) in [6.45, 7) is 6.32. The first-order valence-electron chi connectivity index (χ1n) is 5.73. The minimum Gasteiger partial charge on any atom is -0.303 e. The average molecular weight is 246 g/mol. The summed E-state index contributed by atoms with van der Waals surface area (Å²) in [6, 6.07) is 7.48. The lowest BCUT2D eigenvalue weighted by atomic mass is 9.86. The molecule has 2 aromatic rings. The van der Waals surface area contributed by atoms with Crippen LogP contribution in [0.2, 0.25) is 0 Å². The van der Waals surface area contributed by atoms with Crippen molar-refractivity contribution < 1.29 is 4.39 Å². The molecule has 3 nitrogen and oxygen atoms in total. The van der Waals surface area contributed by atoms with Crippen molar-refractivity contribution >= 4 is 0 Å². The van der Waals surface area contributed by atoms with Gasteiger partial charge in [-0.3, -0.25) is 0 Å². The molecule has 0 bridgehead atoms. The van der Waals surface area contributed by atoms with Crippen LogP contribution in [0.5, 0.6) is 0 Å². The second kappa shape index (κ2) is 4.37. The monoisotopic (exact) mass is 246 g/mol. The molecule has 0 aliphatic heterocycles. The maximum Gasteiger partial charge on any atom is 0.345 e. The fourth-order valence-corrected chi connectivity index (χ4v) is 1.73. The van der Waals surface area contributed by atoms with Gasteiger partial charge in [-0.1, -0.05) is 45.0 Å². The minimum atomic E-state index is -0.550. The number of nitrogens with one attached hydrogen (secondary N) is 1. The Morgan fingerprint density at radius 3 is 2.33 bits per heavy atom. The van der Waals surface area contributed by atoms with Crippen LogP contribution in [0.4, 0.5) is 4.39 Å². The van der Waals surface area contributed by atoms with E-state index in [9.17, 15) is 9.18 Å². The van der Waals surface area contributed by atoms with Gasteiger partial charge in [0.15, 0.2) is 5.82 Å². The van der Waals surface area contributed by atoms with Crippen LogP contribution in [-0.4, -0.2) is 9.97 Å². The highest BCUT2D eigenvalue weighted by atomic mass is 19.1. The molecule has 0 atom stereocenters. The van der Waals surface area contributed by atoms with Crippen LogP contribution in [0, 0.1) is 5.82 Å². The van der Waals surface area contributed by atoms with Crippen LogP contribution >= 0.6 is 0 Å². The predicted molar refractivity (Wildman–Crippen MR) is 69.0 cm³/mol. The third kappa shape index (κ3) is 2.47. The molecule has 2 rings (SSSR count). The molecule has 0 radical (unpaired) electrons. The highest BCUT2D eigenvalue weighted by molar-refractivity contribution is 5.59. The highest BCUT2D eigenvalue weighted by Crippen LogP contribution is 2.25.